The van der Waals surface area contributed by atoms with Crippen LogP contribution in [-0.4, -0.2) is 28.8 Å². The summed E-state index contributed by atoms with van der Waals surface area (Å²) >= 11 is 3.47. The minimum absolute atomic E-state index is 0.243. The molecule has 160 valence electrons. The number of aromatic nitrogens is 2. The minimum atomic E-state index is -0.290. The number of H-pyrrole nitrogens is 1. The van der Waals surface area contributed by atoms with Crippen molar-refractivity contribution in [3.63, 3.8) is 0 Å². The van der Waals surface area contributed by atoms with Gasteiger partial charge in [0.05, 0.1) is 0 Å². The maximum Gasteiger partial charge on any atom is 0.269 e. The Bertz CT molecular complexity index is 1310. The van der Waals surface area contributed by atoms with Crippen molar-refractivity contribution in [2.24, 2.45) is 0 Å². The van der Waals surface area contributed by atoms with Crippen LogP contribution in [-0.2, 0) is 4.79 Å². The van der Waals surface area contributed by atoms with Crippen molar-refractivity contribution in [1.82, 2.24) is 15.3 Å². The molecule has 0 fully saturated rings. The summed E-state index contributed by atoms with van der Waals surface area (Å²) in [6.07, 6.45) is 6.63. The van der Waals surface area contributed by atoms with Gasteiger partial charge < -0.3 is 20.4 Å². The standard InChI is InChI=1S/C24H19BrN4O3/c1-26-24(31)22-13-19(10-11-27-22)32-18-6-4-17(5-7-18)29-23(30)9-2-15-14-28-21-8-3-16(25)12-20(15)21/h2-14,28H,1H3,(H,26,31)(H,29,30)/b9-2+. The average Bonchev–Trinajstić information content (AvgIpc) is 3.20. The number of nitrogens with one attached hydrogen (secondary N) is 3. The number of carbonyl (C=O) groups is 2. The second-order valence-corrected chi connectivity index (χ2v) is 7.75. The van der Waals surface area contributed by atoms with Gasteiger partial charge in [-0.15, -0.1) is 0 Å². The first-order valence-corrected chi connectivity index (χ1v) is 10.5. The van der Waals surface area contributed by atoms with Gasteiger partial charge in [0, 0.05) is 52.6 Å². The van der Waals surface area contributed by atoms with Gasteiger partial charge in [0.25, 0.3) is 5.91 Å². The fourth-order valence-electron chi connectivity index (χ4n) is 3.07. The van der Waals surface area contributed by atoms with E-state index in [9.17, 15) is 9.59 Å². The Hall–Kier alpha value is -3.91. The van der Waals surface area contributed by atoms with E-state index in [4.69, 9.17) is 4.74 Å². The Kier molecular flexibility index (Phi) is 6.32. The molecule has 0 aliphatic heterocycles. The molecule has 0 atom stereocenters. The molecule has 0 saturated heterocycles. The topological polar surface area (TPSA) is 96.1 Å². The highest BCUT2D eigenvalue weighted by molar-refractivity contribution is 9.10. The van der Waals surface area contributed by atoms with Crippen LogP contribution in [0.3, 0.4) is 0 Å². The van der Waals surface area contributed by atoms with Crippen LogP contribution in [0, 0.1) is 0 Å². The Labute approximate surface area is 192 Å². The number of hydrogen-bond acceptors (Lipinski definition) is 4. The highest BCUT2D eigenvalue weighted by Gasteiger charge is 2.07. The predicted octanol–water partition coefficient (Wildman–Crippen LogP) is 5.13. The van der Waals surface area contributed by atoms with Gasteiger partial charge in [-0.2, -0.15) is 0 Å². The van der Waals surface area contributed by atoms with Gasteiger partial charge in [0.15, 0.2) is 0 Å². The second-order valence-electron chi connectivity index (χ2n) is 6.84. The Balaban J connectivity index is 1.39. The number of nitrogens with zero attached hydrogens (tertiary/aromatic N) is 1. The summed E-state index contributed by atoms with van der Waals surface area (Å²) in [4.78, 5) is 31.2. The summed E-state index contributed by atoms with van der Waals surface area (Å²) in [7, 11) is 1.54. The fraction of sp³-hybridized carbons (Fsp3) is 0.0417. The van der Waals surface area contributed by atoms with E-state index in [0.717, 1.165) is 20.9 Å². The summed E-state index contributed by atoms with van der Waals surface area (Å²) in [5.74, 6) is 0.523. The number of benzene rings is 2. The normalized spacial score (nSPS) is 10.9. The molecule has 8 heteroatoms. The lowest BCUT2D eigenvalue weighted by Crippen LogP contribution is -2.18. The Morgan fingerprint density at radius 1 is 1.06 bits per heavy atom. The van der Waals surface area contributed by atoms with Gasteiger partial charge >= 0.3 is 0 Å². The van der Waals surface area contributed by atoms with Gasteiger partial charge in [-0.3, -0.25) is 14.6 Å². The molecule has 2 aromatic heterocycles. The van der Waals surface area contributed by atoms with E-state index in [0.29, 0.717) is 17.2 Å². The van der Waals surface area contributed by atoms with Gasteiger partial charge in [0.1, 0.15) is 17.2 Å². The third kappa shape index (κ3) is 5.04. The van der Waals surface area contributed by atoms with Crippen molar-refractivity contribution < 1.29 is 14.3 Å². The smallest absolute Gasteiger partial charge is 0.269 e. The maximum absolute atomic E-state index is 12.3. The van der Waals surface area contributed by atoms with Crippen molar-refractivity contribution >= 4 is 50.4 Å². The molecule has 0 bridgehead atoms. The summed E-state index contributed by atoms with van der Waals surface area (Å²) in [5, 5.41) is 6.37. The fourth-order valence-corrected chi connectivity index (χ4v) is 3.43. The molecule has 2 aromatic carbocycles. The van der Waals surface area contributed by atoms with Gasteiger partial charge in [-0.1, -0.05) is 15.9 Å². The number of hydrogen-bond donors (Lipinski definition) is 3. The zero-order valence-corrected chi connectivity index (χ0v) is 18.6. The highest BCUT2D eigenvalue weighted by atomic mass is 79.9. The van der Waals surface area contributed by atoms with E-state index in [1.165, 1.54) is 12.3 Å². The summed E-state index contributed by atoms with van der Waals surface area (Å²) in [5.41, 5.74) is 2.83. The van der Waals surface area contributed by atoms with Crippen molar-refractivity contribution in [3.8, 4) is 11.5 Å². The number of aromatic amines is 1. The Morgan fingerprint density at radius 2 is 1.88 bits per heavy atom. The first-order chi connectivity index (χ1) is 15.5. The molecule has 0 aliphatic rings. The van der Waals surface area contributed by atoms with Crippen molar-refractivity contribution in [1.29, 1.82) is 0 Å². The lowest BCUT2D eigenvalue weighted by Gasteiger charge is -2.08. The average molecular weight is 491 g/mol. The number of rotatable bonds is 6. The molecular formula is C24H19BrN4O3. The SMILES string of the molecule is CNC(=O)c1cc(Oc2ccc(NC(=O)/C=C/c3c[nH]c4ccc(Br)cc34)cc2)ccn1. The molecular weight excluding hydrogens is 472 g/mol. The summed E-state index contributed by atoms with van der Waals surface area (Å²) in [6.45, 7) is 0. The lowest BCUT2D eigenvalue weighted by atomic mass is 10.1. The van der Waals surface area contributed by atoms with Crippen LogP contribution < -0.4 is 15.4 Å². The summed E-state index contributed by atoms with van der Waals surface area (Å²) < 4.78 is 6.74. The van der Waals surface area contributed by atoms with Crippen LogP contribution in [0.25, 0.3) is 17.0 Å². The van der Waals surface area contributed by atoms with E-state index >= 15 is 0 Å². The Morgan fingerprint density at radius 3 is 2.66 bits per heavy atom. The largest absolute Gasteiger partial charge is 0.457 e. The molecule has 0 saturated carbocycles. The van der Waals surface area contributed by atoms with Crippen molar-refractivity contribution in [2.75, 3.05) is 12.4 Å². The molecule has 3 N–H and O–H groups in total. The monoisotopic (exact) mass is 490 g/mol. The van der Waals surface area contributed by atoms with Crippen LogP contribution in [0.15, 0.2) is 77.5 Å². The highest BCUT2D eigenvalue weighted by Crippen LogP contribution is 2.25. The molecule has 2 heterocycles. The second kappa shape index (κ2) is 9.49. The van der Waals surface area contributed by atoms with Gasteiger partial charge in [-0.25, -0.2) is 0 Å². The van der Waals surface area contributed by atoms with E-state index in [1.54, 1.807) is 49.5 Å². The number of carbonyl (C=O) groups excluding carboxylic acids is 2. The number of anilines is 1. The zero-order valence-electron chi connectivity index (χ0n) is 17.1. The third-order valence-corrected chi connectivity index (χ3v) is 5.13. The molecule has 4 aromatic rings. The van der Waals surface area contributed by atoms with Crippen molar-refractivity contribution in [2.45, 2.75) is 0 Å². The molecule has 32 heavy (non-hydrogen) atoms. The minimum Gasteiger partial charge on any atom is -0.457 e. The molecule has 0 aliphatic carbocycles. The maximum atomic E-state index is 12.3. The molecule has 0 radical (unpaired) electrons. The van der Waals surface area contributed by atoms with Crippen LogP contribution >= 0.6 is 15.9 Å². The number of fused-ring (bicyclic) bond motifs is 1. The lowest BCUT2D eigenvalue weighted by molar-refractivity contribution is -0.111. The molecule has 7 nitrogen and oxygen atoms in total. The van der Waals surface area contributed by atoms with E-state index in [2.05, 4.69) is 36.5 Å². The zero-order chi connectivity index (χ0) is 22.5. The number of amides is 2. The van der Waals surface area contributed by atoms with Gasteiger partial charge in [-0.05, 0) is 60.2 Å². The van der Waals surface area contributed by atoms with E-state index in [1.807, 2.05) is 24.4 Å². The predicted molar refractivity (Wildman–Crippen MR) is 128 cm³/mol. The van der Waals surface area contributed by atoms with Crippen LogP contribution in [0.4, 0.5) is 5.69 Å². The van der Waals surface area contributed by atoms with E-state index in [-0.39, 0.29) is 17.5 Å². The van der Waals surface area contributed by atoms with Crippen LogP contribution in [0.1, 0.15) is 16.1 Å². The van der Waals surface area contributed by atoms with E-state index < -0.39 is 0 Å². The number of halogens is 1. The number of pyridine rings is 1. The molecule has 0 spiro atoms. The van der Waals surface area contributed by atoms with Crippen molar-refractivity contribution in [3.05, 3.63) is 88.8 Å². The van der Waals surface area contributed by atoms with Crippen LogP contribution in [0.2, 0.25) is 0 Å². The molecule has 4 rings (SSSR count). The third-order valence-electron chi connectivity index (χ3n) is 4.64. The summed E-state index contributed by atoms with van der Waals surface area (Å²) in [6, 6.07) is 16.1. The molecule has 2 amide bonds. The van der Waals surface area contributed by atoms with Gasteiger partial charge in [0.2, 0.25) is 5.91 Å². The first-order valence-electron chi connectivity index (χ1n) is 9.73. The molecule has 0 unspecified atom stereocenters. The number of ether oxygens (including phenoxy) is 1. The van der Waals surface area contributed by atoms with Crippen LogP contribution in [0.5, 0.6) is 11.5 Å². The quantitative estimate of drug-likeness (QED) is 0.326. The first kappa shape index (κ1) is 21.3.